The number of amides is 1. The van der Waals surface area contributed by atoms with Gasteiger partial charge in [-0.2, -0.15) is 0 Å². The standard InChI is InChI=1S/C20H19BrN4O3S3/c1-3-12-29-20-24-23-19(30-20)22-18(26)13-25(16-8-6-15(21)7-9-16)31(27,28)17-10-4-14(2)5-11-17/h3-11H,1,12-13H2,2H3,(H,22,23,26). The lowest BCUT2D eigenvalue weighted by Gasteiger charge is -2.24. The van der Waals surface area contributed by atoms with Crippen LogP contribution < -0.4 is 9.62 Å². The van der Waals surface area contributed by atoms with Crippen LogP contribution >= 0.6 is 39.0 Å². The van der Waals surface area contributed by atoms with E-state index in [1.54, 1.807) is 42.5 Å². The molecule has 0 aliphatic carbocycles. The molecule has 1 amide bonds. The van der Waals surface area contributed by atoms with Gasteiger partial charge in [-0.1, -0.05) is 62.8 Å². The average molecular weight is 540 g/mol. The Balaban J connectivity index is 1.85. The van der Waals surface area contributed by atoms with Crippen molar-refractivity contribution in [2.24, 2.45) is 0 Å². The number of thioether (sulfide) groups is 1. The number of halogens is 1. The third-order valence-electron chi connectivity index (χ3n) is 3.99. The number of aryl methyl sites for hydroxylation is 1. The molecule has 0 saturated carbocycles. The van der Waals surface area contributed by atoms with Crippen LogP contribution in [0, 0.1) is 6.92 Å². The normalized spacial score (nSPS) is 11.2. The number of anilines is 2. The Kier molecular flexibility index (Phi) is 7.87. The summed E-state index contributed by atoms with van der Waals surface area (Å²) in [7, 11) is -3.97. The lowest BCUT2D eigenvalue weighted by atomic mass is 10.2. The lowest BCUT2D eigenvalue weighted by molar-refractivity contribution is -0.114. The first-order valence-corrected chi connectivity index (χ1v) is 13.0. The molecule has 1 N–H and O–H groups in total. The second kappa shape index (κ2) is 10.4. The molecule has 3 aromatic rings. The molecule has 162 valence electrons. The van der Waals surface area contributed by atoms with Crippen molar-refractivity contribution < 1.29 is 13.2 Å². The van der Waals surface area contributed by atoms with Crippen molar-refractivity contribution in [3.8, 4) is 0 Å². The van der Waals surface area contributed by atoms with E-state index in [9.17, 15) is 13.2 Å². The predicted molar refractivity (Wildman–Crippen MR) is 129 cm³/mol. The first-order chi connectivity index (χ1) is 14.8. The Hall–Kier alpha value is -2.21. The Bertz CT molecular complexity index is 1160. The van der Waals surface area contributed by atoms with Crippen molar-refractivity contribution in [3.63, 3.8) is 0 Å². The number of sulfonamides is 1. The topological polar surface area (TPSA) is 92.3 Å². The molecule has 0 atom stereocenters. The number of rotatable bonds is 9. The largest absolute Gasteiger partial charge is 0.299 e. The number of carbonyl (C=O) groups is 1. The van der Waals surface area contributed by atoms with E-state index in [1.165, 1.54) is 35.2 Å². The Morgan fingerprint density at radius 2 is 1.87 bits per heavy atom. The van der Waals surface area contributed by atoms with E-state index in [0.717, 1.165) is 14.3 Å². The second-order valence-corrected chi connectivity index (χ2v) is 11.3. The summed E-state index contributed by atoms with van der Waals surface area (Å²) in [6.45, 7) is 5.12. The summed E-state index contributed by atoms with van der Waals surface area (Å²) in [6.07, 6.45) is 1.75. The van der Waals surface area contributed by atoms with E-state index in [-0.39, 0.29) is 4.90 Å². The fourth-order valence-corrected chi connectivity index (χ4v) is 5.71. The monoisotopic (exact) mass is 538 g/mol. The molecule has 0 radical (unpaired) electrons. The molecule has 0 saturated heterocycles. The van der Waals surface area contributed by atoms with Gasteiger partial charge < -0.3 is 0 Å². The van der Waals surface area contributed by atoms with Crippen molar-refractivity contribution in [1.29, 1.82) is 0 Å². The molecule has 3 rings (SSSR count). The van der Waals surface area contributed by atoms with Crippen LogP contribution in [0.1, 0.15) is 5.56 Å². The Labute approximate surface area is 197 Å². The SMILES string of the molecule is C=CCSc1nnc(NC(=O)CN(c2ccc(Br)cc2)S(=O)(=O)c2ccc(C)cc2)s1. The zero-order valence-electron chi connectivity index (χ0n) is 16.5. The van der Waals surface area contributed by atoms with Gasteiger partial charge in [-0.15, -0.1) is 16.8 Å². The van der Waals surface area contributed by atoms with Crippen LogP contribution in [0.5, 0.6) is 0 Å². The molecular weight excluding hydrogens is 520 g/mol. The maximum Gasteiger partial charge on any atom is 0.264 e. The van der Waals surface area contributed by atoms with Crippen LogP contribution in [-0.4, -0.2) is 36.8 Å². The van der Waals surface area contributed by atoms with Crippen molar-refractivity contribution in [3.05, 3.63) is 71.2 Å². The summed E-state index contributed by atoms with van der Waals surface area (Å²) < 4.78 is 29.2. The molecule has 1 aromatic heterocycles. The van der Waals surface area contributed by atoms with Crippen LogP contribution in [0.15, 0.2) is 74.9 Å². The Morgan fingerprint density at radius 1 is 1.19 bits per heavy atom. The summed E-state index contributed by atoms with van der Waals surface area (Å²) in [6, 6.07) is 13.2. The quantitative estimate of drug-likeness (QED) is 0.240. The first-order valence-electron chi connectivity index (χ1n) is 9.01. The maximum atomic E-state index is 13.3. The molecule has 7 nitrogen and oxygen atoms in total. The number of hydrogen-bond donors (Lipinski definition) is 1. The predicted octanol–water partition coefficient (Wildman–Crippen LogP) is 4.72. The Morgan fingerprint density at radius 3 is 2.52 bits per heavy atom. The zero-order valence-corrected chi connectivity index (χ0v) is 20.5. The molecule has 1 heterocycles. The van der Waals surface area contributed by atoms with Crippen molar-refractivity contribution in [1.82, 2.24) is 10.2 Å². The van der Waals surface area contributed by atoms with Crippen molar-refractivity contribution in [2.75, 3.05) is 21.9 Å². The second-order valence-electron chi connectivity index (χ2n) is 6.32. The smallest absolute Gasteiger partial charge is 0.264 e. The number of benzene rings is 2. The third-order valence-corrected chi connectivity index (χ3v) is 8.27. The molecule has 0 unspecified atom stereocenters. The number of aromatic nitrogens is 2. The van der Waals surface area contributed by atoms with E-state index >= 15 is 0 Å². The minimum atomic E-state index is -3.97. The van der Waals surface area contributed by atoms with Gasteiger partial charge in [0.25, 0.3) is 10.0 Å². The number of carbonyl (C=O) groups excluding carboxylic acids is 1. The molecule has 11 heteroatoms. The molecule has 0 fully saturated rings. The van der Waals surface area contributed by atoms with Gasteiger partial charge in [0.05, 0.1) is 10.6 Å². The summed E-state index contributed by atoms with van der Waals surface area (Å²) >= 11 is 6.01. The molecule has 0 aliphatic heterocycles. The fraction of sp³-hybridized carbons (Fsp3) is 0.150. The van der Waals surface area contributed by atoms with Crippen molar-refractivity contribution >= 4 is 65.8 Å². The van der Waals surface area contributed by atoms with Gasteiger partial charge in [0, 0.05) is 10.2 Å². The summed E-state index contributed by atoms with van der Waals surface area (Å²) in [5.74, 6) is 0.157. The highest BCUT2D eigenvalue weighted by atomic mass is 79.9. The van der Waals surface area contributed by atoms with E-state index in [2.05, 4.69) is 38.0 Å². The van der Waals surface area contributed by atoms with E-state index in [1.807, 2.05) is 6.92 Å². The van der Waals surface area contributed by atoms with Gasteiger partial charge in [0.15, 0.2) is 4.34 Å². The number of nitrogens with zero attached hydrogens (tertiary/aromatic N) is 3. The van der Waals surface area contributed by atoms with Gasteiger partial charge in [-0.25, -0.2) is 8.42 Å². The summed E-state index contributed by atoms with van der Waals surface area (Å²) in [4.78, 5) is 12.8. The zero-order chi connectivity index (χ0) is 22.4. The molecule has 2 aromatic carbocycles. The minimum absolute atomic E-state index is 0.104. The van der Waals surface area contributed by atoms with E-state index < -0.39 is 22.5 Å². The first kappa shape index (κ1) is 23.5. The van der Waals surface area contributed by atoms with Crippen LogP contribution in [0.2, 0.25) is 0 Å². The van der Waals surface area contributed by atoms with Crippen LogP contribution in [0.3, 0.4) is 0 Å². The van der Waals surface area contributed by atoms with Crippen LogP contribution in [-0.2, 0) is 14.8 Å². The van der Waals surface area contributed by atoms with Crippen LogP contribution in [0.25, 0.3) is 0 Å². The molecule has 0 bridgehead atoms. The van der Waals surface area contributed by atoms with Gasteiger partial charge in [-0.3, -0.25) is 14.4 Å². The van der Waals surface area contributed by atoms with Gasteiger partial charge >= 0.3 is 0 Å². The van der Waals surface area contributed by atoms with Gasteiger partial charge in [-0.05, 0) is 43.3 Å². The lowest BCUT2D eigenvalue weighted by Crippen LogP contribution is -2.38. The highest BCUT2D eigenvalue weighted by molar-refractivity contribution is 9.10. The average Bonchev–Trinajstić information content (AvgIpc) is 3.18. The summed E-state index contributed by atoms with van der Waals surface area (Å²) in [5.41, 5.74) is 1.31. The minimum Gasteiger partial charge on any atom is -0.299 e. The molecule has 0 spiro atoms. The maximum absolute atomic E-state index is 13.3. The van der Waals surface area contributed by atoms with E-state index in [4.69, 9.17) is 0 Å². The van der Waals surface area contributed by atoms with Gasteiger partial charge in [0.2, 0.25) is 11.0 Å². The van der Waals surface area contributed by atoms with Crippen molar-refractivity contribution in [2.45, 2.75) is 16.2 Å². The van der Waals surface area contributed by atoms with Crippen LogP contribution in [0.4, 0.5) is 10.8 Å². The molecular formula is C20H19BrN4O3S3. The van der Waals surface area contributed by atoms with E-state index in [0.29, 0.717) is 20.9 Å². The van der Waals surface area contributed by atoms with Gasteiger partial charge in [0.1, 0.15) is 6.54 Å². The summed E-state index contributed by atoms with van der Waals surface area (Å²) in [5, 5.41) is 10.9. The highest BCUT2D eigenvalue weighted by Gasteiger charge is 2.27. The third kappa shape index (κ3) is 6.16. The number of hydrogen-bond acceptors (Lipinski definition) is 7. The molecule has 31 heavy (non-hydrogen) atoms. The number of nitrogens with one attached hydrogen (secondary N) is 1. The fourth-order valence-electron chi connectivity index (χ4n) is 2.50. The molecule has 0 aliphatic rings. The highest BCUT2D eigenvalue weighted by Crippen LogP contribution is 2.27.